The van der Waals surface area contributed by atoms with Crippen LogP contribution in [-0.2, 0) is 13.6 Å². The fourth-order valence-electron chi connectivity index (χ4n) is 2.20. The van der Waals surface area contributed by atoms with Crippen molar-refractivity contribution in [2.75, 3.05) is 11.9 Å². The van der Waals surface area contributed by atoms with E-state index in [2.05, 4.69) is 11.2 Å². The lowest BCUT2D eigenvalue weighted by Gasteiger charge is -2.19. The molecule has 0 N–H and O–H groups in total. The summed E-state index contributed by atoms with van der Waals surface area (Å²) in [6, 6.07) is 8.61. The van der Waals surface area contributed by atoms with Gasteiger partial charge in [-0.1, -0.05) is 12.1 Å². The summed E-state index contributed by atoms with van der Waals surface area (Å²) in [5.41, 5.74) is 2.11. The summed E-state index contributed by atoms with van der Waals surface area (Å²) in [6.45, 7) is 2.32. The number of rotatable bonds is 3. The van der Waals surface area contributed by atoms with Crippen LogP contribution in [0.2, 0.25) is 0 Å². The van der Waals surface area contributed by atoms with Crippen molar-refractivity contribution in [3.8, 4) is 6.07 Å². The summed E-state index contributed by atoms with van der Waals surface area (Å²) in [4.78, 5) is 1.90. The summed E-state index contributed by atoms with van der Waals surface area (Å²) < 4.78 is 14.8. The van der Waals surface area contributed by atoms with Crippen molar-refractivity contribution in [1.29, 1.82) is 5.26 Å². The molecule has 0 amide bonds. The molecule has 1 heterocycles. The molecule has 0 fully saturated rings. The van der Waals surface area contributed by atoms with Gasteiger partial charge < -0.3 is 4.90 Å². The number of aryl methyl sites for hydroxylation is 2. The Morgan fingerprint density at radius 2 is 2.21 bits per heavy atom. The summed E-state index contributed by atoms with van der Waals surface area (Å²) in [5, 5.41) is 13.4. The maximum absolute atomic E-state index is 13.2. The van der Waals surface area contributed by atoms with E-state index < -0.39 is 0 Å². The highest BCUT2D eigenvalue weighted by atomic mass is 19.1. The Morgan fingerprint density at radius 3 is 2.84 bits per heavy atom. The zero-order chi connectivity index (χ0) is 14.0. The Labute approximate surface area is 111 Å². The number of hydrogen-bond acceptors (Lipinski definition) is 3. The van der Waals surface area contributed by atoms with E-state index in [4.69, 9.17) is 0 Å². The minimum atomic E-state index is -0.257. The summed E-state index contributed by atoms with van der Waals surface area (Å²) in [6.07, 6.45) is 0. The van der Waals surface area contributed by atoms with Crippen molar-refractivity contribution >= 4 is 5.82 Å². The van der Waals surface area contributed by atoms with Gasteiger partial charge in [0.15, 0.2) is 0 Å². The van der Waals surface area contributed by atoms with Crippen molar-refractivity contribution in [2.24, 2.45) is 7.05 Å². The minimum Gasteiger partial charge on any atom is -0.354 e. The largest absolute Gasteiger partial charge is 0.354 e. The highest BCUT2D eigenvalue weighted by molar-refractivity contribution is 5.56. The standard InChI is InChI=1S/C14H15FN4/c1-10-13(8-16)14(19(3)17-10)18(2)9-11-5-4-6-12(15)7-11/h4-7H,9H2,1-3H3. The number of halogens is 1. The first-order valence-corrected chi connectivity index (χ1v) is 5.92. The Balaban J connectivity index is 2.31. The molecular formula is C14H15FN4. The van der Waals surface area contributed by atoms with E-state index >= 15 is 0 Å². The van der Waals surface area contributed by atoms with E-state index in [9.17, 15) is 9.65 Å². The van der Waals surface area contributed by atoms with Gasteiger partial charge in [0.1, 0.15) is 23.3 Å². The molecule has 2 aromatic rings. The van der Waals surface area contributed by atoms with Crippen LogP contribution in [0.3, 0.4) is 0 Å². The molecule has 1 aromatic carbocycles. The monoisotopic (exact) mass is 258 g/mol. The third-order valence-electron chi connectivity index (χ3n) is 2.97. The van der Waals surface area contributed by atoms with Crippen LogP contribution >= 0.6 is 0 Å². The second-order valence-corrected chi connectivity index (χ2v) is 4.51. The minimum absolute atomic E-state index is 0.257. The van der Waals surface area contributed by atoms with E-state index in [1.165, 1.54) is 12.1 Å². The first kappa shape index (κ1) is 13.1. The van der Waals surface area contributed by atoms with Crippen molar-refractivity contribution in [1.82, 2.24) is 9.78 Å². The fourth-order valence-corrected chi connectivity index (χ4v) is 2.20. The molecule has 0 saturated heterocycles. The highest BCUT2D eigenvalue weighted by Gasteiger charge is 2.16. The molecule has 0 aliphatic carbocycles. The predicted molar refractivity (Wildman–Crippen MR) is 71.2 cm³/mol. The Bertz CT molecular complexity index is 639. The zero-order valence-corrected chi connectivity index (χ0v) is 11.2. The first-order chi connectivity index (χ1) is 9.02. The predicted octanol–water partition coefficient (Wildman–Crippen LogP) is 2.38. The van der Waals surface area contributed by atoms with Crippen LogP contribution in [0.1, 0.15) is 16.8 Å². The van der Waals surface area contributed by atoms with E-state index in [-0.39, 0.29) is 5.82 Å². The molecule has 0 spiro atoms. The van der Waals surface area contributed by atoms with Gasteiger partial charge in [-0.2, -0.15) is 10.4 Å². The van der Waals surface area contributed by atoms with Gasteiger partial charge in [-0.25, -0.2) is 4.39 Å². The number of hydrogen-bond donors (Lipinski definition) is 0. The number of benzene rings is 1. The van der Waals surface area contributed by atoms with Gasteiger partial charge in [0.05, 0.1) is 5.69 Å². The normalized spacial score (nSPS) is 10.3. The molecule has 0 unspecified atom stereocenters. The van der Waals surface area contributed by atoms with Crippen LogP contribution in [0.15, 0.2) is 24.3 Å². The van der Waals surface area contributed by atoms with Gasteiger partial charge in [-0.3, -0.25) is 4.68 Å². The van der Waals surface area contributed by atoms with Gasteiger partial charge in [0.2, 0.25) is 0 Å². The lowest BCUT2D eigenvalue weighted by atomic mass is 10.2. The van der Waals surface area contributed by atoms with E-state index in [0.29, 0.717) is 17.8 Å². The highest BCUT2D eigenvalue weighted by Crippen LogP contribution is 2.22. The fraction of sp³-hybridized carbons (Fsp3) is 0.286. The number of anilines is 1. The average Bonchev–Trinajstić information content (AvgIpc) is 2.63. The third kappa shape index (κ3) is 2.58. The Morgan fingerprint density at radius 1 is 1.47 bits per heavy atom. The molecular weight excluding hydrogens is 243 g/mol. The van der Waals surface area contributed by atoms with Crippen molar-refractivity contribution in [3.63, 3.8) is 0 Å². The molecule has 4 nitrogen and oxygen atoms in total. The molecule has 2 rings (SSSR count). The maximum atomic E-state index is 13.2. The van der Waals surface area contributed by atoms with Crippen molar-refractivity contribution in [3.05, 3.63) is 46.9 Å². The number of aromatic nitrogens is 2. The molecule has 0 bridgehead atoms. The van der Waals surface area contributed by atoms with E-state index in [1.54, 1.807) is 24.7 Å². The van der Waals surface area contributed by atoms with Crippen molar-refractivity contribution < 1.29 is 4.39 Å². The Hall–Kier alpha value is -2.35. The van der Waals surface area contributed by atoms with Gasteiger partial charge in [-0.05, 0) is 24.6 Å². The Kier molecular flexibility index (Phi) is 3.52. The van der Waals surface area contributed by atoms with Gasteiger partial charge >= 0.3 is 0 Å². The van der Waals surface area contributed by atoms with Gasteiger partial charge in [0, 0.05) is 20.6 Å². The molecule has 98 valence electrons. The first-order valence-electron chi connectivity index (χ1n) is 5.92. The topological polar surface area (TPSA) is 44.9 Å². The van der Waals surface area contributed by atoms with Crippen molar-refractivity contribution in [2.45, 2.75) is 13.5 Å². The third-order valence-corrected chi connectivity index (χ3v) is 2.97. The zero-order valence-electron chi connectivity index (χ0n) is 11.2. The lowest BCUT2D eigenvalue weighted by Crippen LogP contribution is -2.20. The second-order valence-electron chi connectivity index (χ2n) is 4.51. The quantitative estimate of drug-likeness (QED) is 0.849. The maximum Gasteiger partial charge on any atom is 0.145 e. The molecule has 0 radical (unpaired) electrons. The van der Waals surface area contributed by atoms with Gasteiger partial charge in [0.25, 0.3) is 0 Å². The summed E-state index contributed by atoms with van der Waals surface area (Å²) in [5.74, 6) is 0.483. The number of nitrogens with zero attached hydrogens (tertiary/aromatic N) is 4. The summed E-state index contributed by atoms with van der Waals surface area (Å²) in [7, 11) is 3.66. The number of nitriles is 1. The smallest absolute Gasteiger partial charge is 0.145 e. The van der Waals surface area contributed by atoms with Crippen LogP contribution in [0, 0.1) is 24.1 Å². The molecule has 19 heavy (non-hydrogen) atoms. The molecule has 1 aromatic heterocycles. The molecule has 0 aliphatic rings. The lowest BCUT2D eigenvalue weighted by molar-refractivity contribution is 0.624. The van der Waals surface area contributed by atoms with Crippen LogP contribution < -0.4 is 4.90 Å². The van der Waals surface area contributed by atoms with Crippen LogP contribution in [0.25, 0.3) is 0 Å². The second kappa shape index (κ2) is 5.11. The van der Waals surface area contributed by atoms with Crippen LogP contribution in [0.4, 0.5) is 10.2 Å². The van der Waals surface area contributed by atoms with Gasteiger partial charge in [-0.15, -0.1) is 0 Å². The summed E-state index contributed by atoms with van der Waals surface area (Å²) >= 11 is 0. The van der Waals surface area contributed by atoms with Crippen LogP contribution in [0.5, 0.6) is 0 Å². The average molecular weight is 258 g/mol. The molecule has 0 atom stereocenters. The molecule has 0 aliphatic heterocycles. The van der Waals surface area contributed by atoms with E-state index in [1.807, 2.05) is 18.0 Å². The SMILES string of the molecule is Cc1nn(C)c(N(C)Cc2cccc(F)c2)c1C#N. The molecule has 0 saturated carbocycles. The van der Waals surface area contributed by atoms with Crippen LogP contribution in [-0.4, -0.2) is 16.8 Å². The molecule has 5 heteroatoms. The van der Waals surface area contributed by atoms with E-state index in [0.717, 1.165) is 11.4 Å².